The average Bonchev–Trinajstić information content (AvgIpc) is 3.00. The Morgan fingerprint density at radius 2 is 2.17 bits per heavy atom. The zero-order chi connectivity index (χ0) is 16.2. The molecule has 3 rings (SSSR count). The third-order valence-electron chi connectivity index (χ3n) is 3.45. The standard InChI is InChI=1S/C16H17N3O3S/c1-22-13-4-5-14-15(8-13)19-16(18-14)23(21)10-12-3-2-11(6-7-20)9-17-12/h2-5,8-9,20H,6-7,10H2,1H3,(H,18,19). The number of hydrogen-bond donors (Lipinski definition) is 2. The molecule has 0 aliphatic rings. The second-order valence-electron chi connectivity index (χ2n) is 5.05. The summed E-state index contributed by atoms with van der Waals surface area (Å²) in [6.07, 6.45) is 2.27. The van der Waals surface area contributed by atoms with E-state index in [9.17, 15) is 4.21 Å². The van der Waals surface area contributed by atoms with E-state index in [0.29, 0.717) is 11.6 Å². The van der Waals surface area contributed by atoms with Gasteiger partial charge in [-0.1, -0.05) is 6.07 Å². The minimum Gasteiger partial charge on any atom is -0.497 e. The predicted octanol–water partition coefficient (Wildman–Crippen LogP) is 1.81. The first-order valence-electron chi connectivity index (χ1n) is 7.16. The lowest BCUT2D eigenvalue weighted by atomic mass is 10.2. The number of nitrogens with one attached hydrogen (secondary N) is 1. The van der Waals surface area contributed by atoms with Gasteiger partial charge in [0.1, 0.15) is 5.75 Å². The maximum absolute atomic E-state index is 12.5. The molecule has 0 radical (unpaired) electrons. The Hall–Kier alpha value is -2.25. The molecule has 6 nitrogen and oxygen atoms in total. The highest BCUT2D eigenvalue weighted by Crippen LogP contribution is 2.20. The Labute approximate surface area is 136 Å². The summed E-state index contributed by atoms with van der Waals surface area (Å²) >= 11 is 0. The van der Waals surface area contributed by atoms with Gasteiger partial charge in [0.05, 0.1) is 40.4 Å². The Bertz CT molecular complexity index is 830. The van der Waals surface area contributed by atoms with E-state index in [1.807, 2.05) is 30.3 Å². The normalized spacial score (nSPS) is 12.4. The molecule has 3 aromatic rings. The van der Waals surface area contributed by atoms with Gasteiger partial charge in [-0.15, -0.1) is 0 Å². The van der Waals surface area contributed by atoms with Crippen molar-refractivity contribution in [2.24, 2.45) is 0 Å². The largest absolute Gasteiger partial charge is 0.497 e. The molecule has 0 saturated carbocycles. The number of H-pyrrole nitrogens is 1. The van der Waals surface area contributed by atoms with Gasteiger partial charge in [0, 0.05) is 18.9 Å². The van der Waals surface area contributed by atoms with E-state index >= 15 is 0 Å². The number of ether oxygens (including phenoxy) is 1. The molecule has 0 aliphatic heterocycles. The minimum absolute atomic E-state index is 0.0927. The molecule has 2 heterocycles. The lowest BCUT2D eigenvalue weighted by Crippen LogP contribution is -2.01. The molecule has 2 N–H and O–H groups in total. The lowest BCUT2D eigenvalue weighted by molar-refractivity contribution is 0.299. The Kier molecular flexibility index (Phi) is 4.68. The van der Waals surface area contributed by atoms with E-state index in [1.165, 1.54) is 0 Å². The second kappa shape index (κ2) is 6.89. The molecule has 1 aromatic carbocycles. The molecule has 120 valence electrons. The summed E-state index contributed by atoms with van der Waals surface area (Å²) in [5, 5.41) is 9.32. The van der Waals surface area contributed by atoms with Crippen LogP contribution in [0.25, 0.3) is 11.0 Å². The number of imidazole rings is 1. The second-order valence-corrected chi connectivity index (χ2v) is 6.41. The molecule has 1 atom stereocenters. The van der Waals surface area contributed by atoms with Crippen molar-refractivity contribution in [2.45, 2.75) is 17.3 Å². The number of aromatic amines is 1. The number of hydrogen-bond acceptors (Lipinski definition) is 5. The summed E-state index contributed by atoms with van der Waals surface area (Å²) in [7, 11) is 0.295. The van der Waals surface area contributed by atoms with Gasteiger partial charge in [-0.2, -0.15) is 0 Å². The van der Waals surface area contributed by atoms with Crippen LogP contribution in [0.15, 0.2) is 41.7 Å². The molecule has 0 spiro atoms. The minimum atomic E-state index is -1.31. The first kappa shape index (κ1) is 15.6. The number of aromatic nitrogens is 3. The number of methoxy groups -OCH3 is 1. The van der Waals surface area contributed by atoms with Crippen molar-refractivity contribution < 1.29 is 14.1 Å². The molecule has 1 unspecified atom stereocenters. The van der Waals surface area contributed by atoms with E-state index in [4.69, 9.17) is 9.84 Å². The van der Waals surface area contributed by atoms with E-state index in [1.54, 1.807) is 13.3 Å². The fourth-order valence-electron chi connectivity index (χ4n) is 2.22. The van der Waals surface area contributed by atoms with Crippen molar-refractivity contribution in [3.05, 3.63) is 47.8 Å². The van der Waals surface area contributed by atoms with Crippen LogP contribution in [0.5, 0.6) is 5.75 Å². The number of aliphatic hydroxyl groups excluding tert-OH is 1. The Morgan fingerprint density at radius 1 is 1.30 bits per heavy atom. The van der Waals surface area contributed by atoms with Gasteiger partial charge in [0.2, 0.25) is 0 Å². The van der Waals surface area contributed by atoms with E-state index in [2.05, 4.69) is 15.0 Å². The quantitative estimate of drug-likeness (QED) is 0.719. The summed E-state index contributed by atoms with van der Waals surface area (Å²) in [6.45, 7) is 0.0927. The third-order valence-corrected chi connectivity index (χ3v) is 4.63. The van der Waals surface area contributed by atoms with Crippen molar-refractivity contribution in [3.63, 3.8) is 0 Å². The van der Waals surface area contributed by atoms with Crippen LogP contribution < -0.4 is 4.74 Å². The molecule has 0 amide bonds. The first-order valence-corrected chi connectivity index (χ1v) is 8.48. The highest BCUT2D eigenvalue weighted by atomic mass is 32.2. The zero-order valence-electron chi connectivity index (χ0n) is 12.7. The van der Waals surface area contributed by atoms with Gasteiger partial charge in [0.15, 0.2) is 5.16 Å². The molecule has 2 aromatic heterocycles. The summed E-state index contributed by atoms with van der Waals surface area (Å²) in [6, 6.07) is 9.18. The number of fused-ring (bicyclic) bond motifs is 1. The molecule has 0 saturated heterocycles. The van der Waals surface area contributed by atoms with E-state index in [0.717, 1.165) is 28.0 Å². The van der Waals surface area contributed by atoms with Gasteiger partial charge in [-0.3, -0.25) is 9.19 Å². The number of nitrogens with zero attached hydrogens (tertiary/aromatic N) is 2. The van der Waals surface area contributed by atoms with E-state index < -0.39 is 10.8 Å². The summed E-state index contributed by atoms with van der Waals surface area (Å²) in [5.74, 6) is 1.01. The molecule has 0 bridgehead atoms. The van der Waals surface area contributed by atoms with E-state index in [-0.39, 0.29) is 12.4 Å². The highest BCUT2D eigenvalue weighted by Gasteiger charge is 2.12. The monoisotopic (exact) mass is 331 g/mol. The molecule has 0 aliphatic carbocycles. The van der Waals surface area contributed by atoms with Crippen LogP contribution in [0.2, 0.25) is 0 Å². The molecular formula is C16H17N3O3S. The Morgan fingerprint density at radius 3 is 2.87 bits per heavy atom. The summed E-state index contributed by atoms with van der Waals surface area (Å²) < 4.78 is 17.6. The summed E-state index contributed by atoms with van der Waals surface area (Å²) in [4.78, 5) is 11.7. The fourth-order valence-corrected chi connectivity index (χ4v) is 3.22. The SMILES string of the molecule is COc1ccc2nc(S(=O)Cc3ccc(CCO)cn3)[nH]c2c1. The van der Waals surface area contributed by atoms with Crippen molar-refractivity contribution >= 4 is 21.8 Å². The van der Waals surface area contributed by atoms with Gasteiger partial charge in [-0.05, 0) is 30.2 Å². The number of benzene rings is 1. The first-order chi connectivity index (χ1) is 11.2. The van der Waals surface area contributed by atoms with Crippen molar-refractivity contribution in [3.8, 4) is 5.75 Å². The van der Waals surface area contributed by atoms with Crippen LogP contribution in [0.3, 0.4) is 0 Å². The highest BCUT2D eigenvalue weighted by molar-refractivity contribution is 7.84. The van der Waals surface area contributed by atoms with Crippen LogP contribution in [0, 0.1) is 0 Å². The van der Waals surface area contributed by atoms with Crippen LogP contribution in [0.1, 0.15) is 11.3 Å². The van der Waals surface area contributed by atoms with Crippen molar-refractivity contribution in [2.75, 3.05) is 13.7 Å². The van der Waals surface area contributed by atoms with Crippen LogP contribution >= 0.6 is 0 Å². The third kappa shape index (κ3) is 3.57. The number of aliphatic hydroxyl groups is 1. The molecular weight excluding hydrogens is 314 g/mol. The van der Waals surface area contributed by atoms with Gasteiger partial charge < -0.3 is 14.8 Å². The molecule has 0 fully saturated rings. The van der Waals surface area contributed by atoms with Gasteiger partial charge in [-0.25, -0.2) is 4.98 Å². The number of pyridine rings is 1. The number of rotatable bonds is 6. The fraction of sp³-hybridized carbons (Fsp3) is 0.250. The van der Waals surface area contributed by atoms with Crippen LogP contribution in [-0.4, -0.2) is 38.0 Å². The smallest absolute Gasteiger partial charge is 0.197 e. The lowest BCUT2D eigenvalue weighted by Gasteiger charge is -2.01. The predicted molar refractivity (Wildman–Crippen MR) is 87.8 cm³/mol. The van der Waals surface area contributed by atoms with Crippen molar-refractivity contribution in [1.82, 2.24) is 15.0 Å². The van der Waals surface area contributed by atoms with Gasteiger partial charge in [0.25, 0.3) is 0 Å². The zero-order valence-corrected chi connectivity index (χ0v) is 13.5. The van der Waals surface area contributed by atoms with Gasteiger partial charge >= 0.3 is 0 Å². The maximum Gasteiger partial charge on any atom is 0.197 e. The average molecular weight is 331 g/mol. The molecule has 23 heavy (non-hydrogen) atoms. The van der Waals surface area contributed by atoms with Crippen LogP contribution in [0.4, 0.5) is 0 Å². The van der Waals surface area contributed by atoms with Crippen LogP contribution in [-0.2, 0) is 23.0 Å². The topological polar surface area (TPSA) is 88.1 Å². The Balaban J connectivity index is 1.77. The maximum atomic E-state index is 12.5. The van der Waals surface area contributed by atoms with Crippen molar-refractivity contribution in [1.29, 1.82) is 0 Å². The summed E-state index contributed by atoms with van der Waals surface area (Å²) in [5.41, 5.74) is 3.22. The molecule has 7 heteroatoms.